The van der Waals surface area contributed by atoms with E-state index in [0.29, 0.717) is 18.6 Å². The minimum Gasteiger partial charge on any atom is -0.426 e. The van der Waals surface area contributed by atoms with E-state index in [-0.39, 0.29) is 23.2 Å². The summed E-state index contributed by atoms with van der Waals surface area (Å²) in [5.74, 6) is 0.0742. The zero-order valence-electron chi connectivity index (χ0n) is 14.2. The molecule has 24 heavy (non-hydrogen) atoms. The third-order valence-corrected chi connectivity index (χ3v) is 3.53. The van der Waals surface area contributed by atoms with Gasteiger partial charge in [-0.15, -0.1) is 0 Å². The number of carbonyl (C=O) groups excluding carboxylic acids is 2. The molecule has 0 N–H and O–H groups in total. The Morgan fingerprint density at radius 1 is 0.917 bits per heavy atom. The van der Waals surface area contributed by atoms with Crippen molar-refractivity contribution in [1.82, 2.24) is 0 Å². The van der Waals surface area contributed by atoms with Gasteiger partial charge in [-0.25, -0.2) is 4.79 Å². The molecule has 0 heterocycles. The van der Waals surface area contributed by atoms with Crippen LogP contribution in [0.4, 0.5) is 0 Å². The molecule has 0 atom stereocenters. The molecule has 126 valence electrons. The molecule has 0 aliphatic rings. The largest absolute Gasteiger partial charge is 0.426 e. The number of rotatable bonds is 6. The van der Waals surface area contributed by atoms with Gasteiger partial charge in [-0.1, -0.05) is 51.1 Å². The Kier molecular flexibility index (Phi) is 6.13. The maximum absolute atomic E-state index is 12.5. The third-order valence-electron chi connectivity index (χ3n) is 3.53. The van der Waals surface area contributed by atoms with Crippen LogP contribution in [0, 0.1) is 0 Å². The minimum atomic E-state index is -0.539. The molecule has 0 aliphatic carbocycles. The second kappa shape index (κ2) is 8.29. The van der Waals surface area contributed by atoms with Crippen LogP contribution >= 0.6 is 0 Å². The van der Waals surface area contributed by atoms with Crippen molar-refractivity contribution in [3.05, 3.63) is 59.7 Å². The van der Waals surface area contributed by atoms with Crippen molar-refractivity contribution in [3.63, 3.8) is 0 Å². The quantitative estimate of drug-likeness (QED) is 0.568. The molecule has 0 amide bonds. The molecule has 2 aromatic carbocycles. The van der Waals surface area contributed by atoms with Gasteiger partial charge in [-0.2, -0.15) is 0 Å². The molecular weight excluding hydrogens is 304 g/mol. The van der Waals surface area contributed by atoms with Crippen LogP contribution in [0.2, 0.25) is 0 Å². The summed E-state index contributed by atoms with van der Waals surface area (Å²) in [7, 11) is 0. The average Bonchev–Trinajstić information content (AvgIpc) is 2.55. The Labute approximate surface area is 142 Å². The third kappa shape index (κ3) is 4.44. The van der Waals surface area contributed by atoms with E-state index in [9.17, 15) is 9.59 Å². The summed E-state index contributed by atoms with van der Waals surface area (Å²) in [5.41, 5.74) is 1.19. The van der Waals surface area contributed by atoms with Crippen LogP contribution < -0.4 is 9.47 Å². The highest BCUT2D eigenvalue weighted by molar-refractivity contribution is 5.95. The van der Waals surface area contributed by atoms with Crippen molar-refractivity contribution in [2.24, 2.45) is 0 Å². The standard InChI is InChI=1S/C20H22O4/c1-4-9-19(21)23-18-13-8-6-11-16(18)20(22)24-17-12-7-5-10-15(17)14(2)3/h5-8,10-14H,4,9H2,1-3H3. The normalized spacial score (nSPS) is 10.5. The fraction of sp³-hybridized carbons (Fsp3) is 0.300. The number of esters is 2. The topological polar surface area (TPSA) is 52.6 Å². The van der Waals surface area contributed by atoms with Gasteiger partial charge < -0.3 is 9.47 Å². The number of para-hydroxylation sites is 2. The lowest BCUT2D eigenvalue weighted by atomic mass is 10.0. The van der Waals surface area contributed by atoms with Crippen LogP contribution in [0.1, 0.15) is 55.5 Å². The molecule has 0 spiro atoms. The highest BCUT2D eigenvalue weighted by Crippen LogP contribution is 2.28. The SMILES string of the molecule is CCCC(=O)Oc1ccccc1C(=O)Oc1ccccc1C(C)C. The maximum atomic E-state index is 12.5. The van der Waals surface area contributed by atoms with Crippen LogP contribution in [0.25, 0.3) is 0 Å². The van der Waals surface area contributed by atoms with E-state index in [1.165, 1.54) is 0 Å². The predicted octanol–water partition coefficient (Wildman–Crippen LogP) is 4.73. The summed E-state index contributed by atoms with van der Waals surface area (Å²) >= 11 is 0. The number of ether oxygens (including phenoxy) is 2. The molecule has 0 unspecified atom stereocenters. The van der Waals surface area contributed by atoms with Crippen molar-refractivity contribution >= 4 is 11.9 Å². The predicted molar refractivity (Wildman–Crippen MR) is 92.5 cm³/mol. The van der Waals surface area contributed by atoms with Crippen LogP contribution in [0.5, 0.6) is 11.5 Å². The lowest BCUT2D eigenvalue weighted by molar-refractivity contribution is -0.134. The number of hydrogen-bond acceptors (Lipinski definition) is 4. The van der Waals surface area contributed by atoms with Crippen molar-refractivity contribution in [1.29, 1.82) is 0 Å². The molecule has 0 aliphatic heterocycles. The summed E-state index contributed by atoms with van der Waals surface area (Å²) < 4.78 is 10.8. The van der Waals surface area contributed by atoms with Crippen LogP contribution in [-0.2, 0) is 4.79 Å². The van der Waals surface area contributed by atoms with Gasteiger partial charge in [-0.05, 0) is 36.1 Å². The molecule has 2 rings (SSSR count). The Morgan fingerprint density at radius 3 is 2.21 bits per heavy atom. The molecule has 4 heteroatoms. The summed E-state index contributed by atoms with van der Waals surface area (Å²) in [6.45, 7) is 5.96. The van der Waals surface area contributed by atoms with Crippen LogP contribution in [0.3, 0.4) is 0 Å². The molecule has 4 nitrogen and oxygen atoms in total. The van der Waals surface area contributed by atoms with Crippen LogP contribution in [-0.4, -0.2) is 11.9 Å². The molecular formula is C20H22O4. The molecule has 0 bridgehead atoms. The van der Waals surface area contributed by atoms with Gasteiger partial charge in [0.1, 0.15) is 17.1 Å². The second-order valence-corrected chi connectivity index (χ2v) is 5.80. The first-order valence-corrected chi connectivity index (χ1v) is 8.13. The van der Waals surface area contributed by atoms with E-state index in [0.717, 1.165) is 5.56 Å². The Hall–Kier alpha value is -2.62. The fourth-order valence-electron chi connectivity index (χ4n) is 2.31. The van der Waals surface area contributed by atoms with E-state index in [2.05, 4.69) is 0 Å². The number of hydrogen-bond donors (Lipinski definition) is 0. The van der Waals surface area contributed by atoms with Gasteiger partial charge >= 0.3 is 11.9 Å². The molecule has 0 saturated carbocycles. The van der Waals surface area contributed by atoms with Gasteiger partial charge in [-0.3, -0.25) is 4.79 Å². The van der Waals surface area contributed by atoms with Gasteiger partial charge in [0, 0.05) is 6.42 Å². The molecule has 0 radical (unpaired) electrons. The van der Waals surface area contributed by atoms with E-state index in [4.69, 9.17) is 9.47 Å². The highest BCUT2D eigenvalue weighted by atomic mass is 16.5. The van der Waals surface area contributed by atoms with Gasteiger partial charge in [0.15, 0.2) is 0 Å². The molecule has 0 saturated heterocycles. The number of benzene rings is 2. The lowest BCUT2D eigenvalue weighted by Gasteiger charge is -2.14. The summed E-state index contributed by atoms with van der Waals surface area (Å²) in [4.78, 5) is 24.3. The lowest BCUT2D eigenvalue weighted by Crippen LogP contribution is -2.14. The van der Waals surface area contributed by atoms with Gasteiger partial charge in [0.2, 0.25) is 0 Å². The molecule has 0 fully saturated rings. The highest BCUT2D eigenvalue weighted by Gasteiger charge is 2.18. The molecule has 2 aromatic rings. The van der Waals surface area contributed by atoms with Gasteiger partial charge in [0.05, 0.1) is 0 Å². The van der Waals surface area contributed by atoms with Crippen molar-refractivity contribution in [2.75, 3.05) is 0 Å². The van der Waals surface area contributed by atoms with E-state index >= 15 is 0 Å². The van der Waals surface area contributed by atoms with Gasteiger partial charge in [0.25, 0.3) is 0 Å². The Bertz CT molecular complexity index is 719. The Morgan fingerprint density at radius 2 is 1.54 bits per heavy atom. The maximum Gasteiger partial charge on any atom is 0.347 e. The van der Waals surface area contributed by atoms with Crippen molar-refractivity contribution in [2.45, 2.75) is 39.5 Å². The van der Waals surface area contributed by atoms with E-state index in [1.807, 2.05) is 39.0 Å². The first-order valence-electron chi connectivity index (χ1n) is 8.13. The molecule has 0 aromatic heterocycles. The zero-order chi connectivity index (χ0) is 17.5. The van der Waals surface area contributed by atoms with Crippen molar-refractivity contribution in [3.8, 4) is 11.5 Å². The first kappa shape index (κ1) is 17.7. The van der Waals surface area contributed by atoms with E-state index in [1.54, 1.807) is 30.3 Å². The van der Waals surface area contributed by atoms with Crippen molar-refractivity contribution < 1.29 is 19.1 Å². The fourth-order valence-corrected chi connectivity index (χ4v) is 2.31. The minimum absolute atomic E-state index is 0.225. The number of carbonyl (C=O) groups is 2. The summed E-state index contributed by atoms with van der Waals surface area (Å²) in [6.07, 6.45) is 0.993. The second-order valence-electron chi connectivity index (χ2n) is 5.80. The van der Waals surface area contributed by atoms with Crippen LogP contribution in [0.15, 0.2) is 48.5 Å². The smallest absolute Gasteiger partial charge is 0.347 e. The summed E-state index contributed by atoms with van der Waals surface area (Å²) in [5, 5.41) is 0. The Balaban J connectivity index is 2.23. The van der Waals surface area contributed by atoms with E-state index < -0.39 is 5.97 Å². The average molecular weight is 326 g/mol. The monoisotopic (exact) mass is 326 g/mol. The first-order chi connectivity index (χ1) is 11.5. The zero-order valence-corrected chi connectivity index (χ0v) is 14.2. The summed E-state index contributed by atoms with van der Waals surface area (Å²) in [6, 6.07) is 14.0.